The van der Waals surface area contributed by atoms with E-state index in [9.17, 15) is 4.79 Å². The van der Waals surface area contributed by atoms with E-state index in [1.165, 1.54) is 5.56 Å². The zero-order valence-electron chi connectivity index (χ0n) is 19.5. The molecule has 2 saturated heterocycles. The normalized spacial score (nSPS) is 23.1. The molecule has 0 N–H and O–H groups in total. The third-order valence-corrected chi connectivity index (χ3v) is 8.01. The van der Waals surface area contributed by atoms with Gasteiger partial charge in [-0.1, -0.05) is 65.8 Å². The van der Waals surface area contributed by atoms with E-state index >= 15 is 0 Å². The highest BCUT2D eigenvalue weighted by atomic mass is 16.5. The summed E-state index contributed by atoms with van der Waals surface area (Å²) in [6.45, 7) is 2.31. The Labute approximate surface area is 200 Å². The van der Waals surface area contributed by atoms with Gasteiger partial charge in [-0.2, -0.15) is 4.98 Å². The summed E-state index contributed by atoms with van der Waals surface area (Å²) in [6, 6.07) is 20.2. The van der Waals surface area contributed by atoms with Crippen LogP contribution in [-0.4, -0.2) is 46.2 Å². The van der Waals surface area contributed by atoms with Crippen LogP contribution in [0.1, 0.15) is 50.0 Å². The number of piperidine rings is 1. The Kier molecular flexibility index (Phi) is 5.48. The Balaban J connectivity index is 1.07. The number of likely N-dealkylation sites (tertiary alicyclic amines) is 1. The molecule has 1 spiro atoms. The smallest absolute Gasteiger partial charge is 0.233 e. The summed E-state index contributed by atoms with van der Waals surface area (Å²) in [5, 5.41) is 4.18. The average molecular weight is 458 g/mol. The molecule has 0 bridgehead atoms. The van der Waals surface area contributed by atoms with Crippen molar-refractivity contribution in [3.63, 3.8) is 0 Å². The van der Waals surface area contributed by atoms with E-state index in [1.54, 1.807) is 0 Å². The Morgan fingerprint density at radius 2 is 1.68 bits per heavy atom. The maximum atomic E-state index is 13.4. The van der Waals surface area contributed by atoms with Crippen molar-refractivity contribution in [2.75, 3.05) is 19.7 Å². The molecule has 3 fully saturated rings. The van der Waals surface area contributed by atoms with Crippen molar-refractivity contribution in [2.24, 2.45) is 5.92 Å². The Morgan fingerprint density at radius 1 is 0.971 bits per heavy atom. The number of rotatable bonds is 5. The largest absolute Gasteiger partial charge is 0.375 e. The second-order valence-corrected chi connectivity index (χ2v) is 10.2. The van der Waals surface area contributed by atoms with Crippen molar-refractivity contribution in [2.45, 2.75) is 56.0 Å². The zero-order chi connectivity index (χ0) is 23.0. The number of carbonyl (C=O) groups is 1. The molecule has 2 aromatic carbocycles. The van der Waals surface area contributed by atoms with Gasteiger partial charge >= 0.3 is 0 Å². The molecular formula is C28H31N3O3. The summed E-state index contributed by atoms with van der Waals surface area (Å²) in [6.07, 6.45) is 6.51. The number of amides is 1. The highest BCUT2D eigenvalue weighted by Crippen LogP contribution is 2.50. The second kappa shape index (κ2) is 8.66. The minimum Gasteiger partial charge on any atom is -0.375 e. The number of nitrogens with zero attached hydrogens (tertiary/aromatic N) is 3. The summed E-state index contributed by atoms with van der Waals surface area (Å²) >= 11 is 0. The fourth-order valence-corrected chi connectivity index (χ4v) is 5.87. The van der Waals surface area contributed by atoms with Crippen LogP contribution >= 0.6 is 0 Å². The Bertz CT molecular complexity index is 1130. The van der Waals surface area contributed by atoms with Gasteiger partial charge in [0.05, 0.1) is 11.0 Å². The Morgan fingerprint density at radius 3 is 2.38 bits per heavy atom. The predicted molar refractivity (Wildman–Crippen MR) is 128 cm³/mol. The van der Waals surface area contributed by atoms with Crippen molar-refractivity contribution in [1.29, 1.82) is 0 Å². The van der Waals surface area contributed by atoms with Gasteiger partial charge in [-0.15, -0.1) is 0 Å². The summed E-state index contributed by atoms with van der Waals surface area (Å²) in [4.78, 5) is 20.2. The fraction of sp³-hybridized carbons (Fsp3) is 0.464. The molecule has 1 unspecified atom stereocenters. The monoisotopic (exact) mass is 457 g/mol. The number of carbonyl (C=O) groups excluding carboxylic acids is 1. The van der Waals surface area contributed by atoms with Gasteiger partial charge < -0.3 is 14.2 Å². The van der Waals surface area contributed by atoms with Crippen molar-refractivity contribution < 1.29 is 14.1 Å². The highest BCUT2D eigenvalue weighted by Gasteiger charge is 2.54. The van der Waals surface area contributed by atoms with E-state index in [0.717, 1.165) is 70.2 Å². The van der Waals surface area contributed by atoms with Gasteiger partial charge in [0.15, 0.2) is 0 Å². The van der Waals surface area contributed by atoms with Gasteiger partial charge in [-0.05, 0) is 50.0 Å². The van der Waals surface area contributed by atoms with Crippen LogP contribution in [0.15, 0.2) is 65.2 Å². The lowest BCUT2D eigenvalue weighted by molar-refractivity contribution is -0.149. The van der Waals surface area contributed by atoms with E-state index < -0.39 is 0 Å². The van der Waals surface area contributed by atoms with Crippen LogP contribution < -0.4 is 0 Å². The van der Waals surface area contributed by atoms with Crippen LogP contribution in [0.4, 0.5) is 0 Å². The van der Waals surface area contributed by atoms with E-state index in [1.807, 2.05) is 48.5 Å². The first-order valence-corrected chi connectivity index (χ1v) is 12.5. The van der Waals surface area contributed by atoms with E-state index in [2.05, 4.69) is 27.2 Å². The quantitative estimate of drug-likeness (QED) is 0.551. The fourth-order valence-electron chi connectivity index (χ4n) is 5.87. The number of hydrogen-bond acceptors (Lipinski definition) is 5. The minimum atomic E-state index is -0.282. The first kappa shape index (κ1) is 21.5. The van der Waals surface area contributed by atoms with Gasteiger partial charge in [0.2, 0.25) is 17.6 Å². The third kappa shape index (κ3) is 4.05. The lowest BCUT2D eigenvalue weighted by atomic mass is 9.78. The van der Waals surface area contributed by atoms with Gasteiger partial charge in [0.25, 0.3) is 0 Å². The molecule has 6 rings (SSSR count). The number of benzene rings is 2. The van der Waals surface area contributed by atoms with Gasteiger partial charge in [-0.3, -0.25) is 4.79 Å². The van der Waals surface area contributed by atoms with Crippen LogP contribution in [0.5, 0.6) is 0 Å². The van der Waals surface area contributed by atoms with Crippen LogP contribution in [0.3, 0.4) is 0 Å². The van der Waals surface area contributed by atoms with Crippen LogP contribution in [0.2, 0.25) is 0 Å². The van der Waals surface area contributed by atoms with E-state index in [0.29, 0.717) is 23.5 Å². The second-order valence-electron chi connectivity index (χ2n) is 10.2. The standard InChI is InChI=1S/C28H31N3O3/c32-26(28(12-13-28)23-9-5-2-6-10-23)31-16-14-27(15-17-31)20-21(11-18-33-27)19-24-29-25(30-34-24)22-7-3-1-4-8-22/h1-10,21H,11-20H2. The minimum absolute atomic E-state index is 0.133. The summed E-state index contributed by atoms with van der Waals surface area (Å²) in [5.74, 6) is 2.11. The average Bonchev–Trinajstić information content (AvgIpc) is 3.58. The topological polar surface area (TPSA) is 68.5 Å². The molecule has 1 aliphatic carbocycles. The molecule has 1 amide bonds. The maximum absolute atomic E-state index is 13.4. The van der Waals surface area contributed by atoms with Crippen molar-refractivity contribution >= 4 is 5.91 Å². The molecule has 34 heavy (non-hydrogen) atoms. The first-order chi connectivity index (χ1) is 16.7. The molecule has 0 radical (unpaired) electrons. The molecule has 1 saturated carbocycles. The van der Waals surface area contributed by atoms with Gasteiger partial charge in [0, 0.05) is 31.7 Å². The highest BCUT2D eigenvalue weighted by molar-refractivity contribution is 5.91. The maximum Gasteiger partial charge on any atom is 0.233 e. The molecule has 1 aromatic heterocycles. The summed E-state index contributed by atoms with van der Waals surface area (Å²) < 4.78 is 11.9. The molecule has 3 aliphatic rings. The van der Waals surface area contributed by atoms with E-state index in [4.69, 9.17) is 9.26 Å². The summed E-state index contributed by atoms with van der Waals surface area (Å²) in [5.41, 5.74) is 1.73. The molecule has 3 aromatic rings. The Hall–Kier alpha value is -2.99. The van der Waals surface area contributed by atoms with Crippen molar-refractivity contribution in [3.05, 3.63) is 72.1 Å². The molecule has 2 aliphatic heterocycles. The first-order valence-electron chi connectivity index (χ1n) is 12.5. The predicted octanol–water partition coefficient (Wildman–Crippen LogP) is 4.80. The number of hydrogen-bond donors (Lipinski definition) is 0. The van der Waals surface area contributed by atoms with Crippen LogP contribution in [0, 0.1) is 5.92 Å². The van der Waals surface area contributed by atoms with Crippen molar-refractivity contribution in [1.82, 2.24) is 15.0 Å². The molecule has 6 heteroatoms. The molecule has 6 nitrogen and oxygen atoms in total. The number of aromatic nitrogens is 2. The van der Waals surface area contributed by atoms with Crippen molar-refractivity contribution in [3.8, 4) is 11.4 Å². The lowest BCUT2D eigenvalue weighted by Gasteiger charge is -2.46. The third-order valence-electron chi connectivity index (χ3n) is 8.01. The summed E-state index contributed by atoms with van der Waals surface area (Å²) in [7, 11) is 0. The molecular weight excluding hydrogens is 426 g/mol. The molecule has 1 atom stereocenters. The van der Waals surface area contributed by atoms with Gasteiger partial charge in [-0.25, -0.2) is 0 Å². The lowest BCUT2D eigenvalue weighted by Crippen LogP contribution is -2.52. The van der Waals surface area contributed by atoms with E-state index in [-0.39, 0.29) is 11.0 Å². The number of ether oxygens (including phenoxy) is 1. The van der Waals surface area contributed by atoms with Gasteiger partial charge in [0.1, 0.15) is 0 Å². The molecule has 176 valence electrons. The van der Waals surface area contributed by atoms with Crippen LogP contribution in [-0.2, 0) is 21.4 Å². The SMILES string of the molecule is O=C(N1CCC2(CC1)CC(Cc1nc(-c3ccccc3)no1)CCO2)C1(c2ccccc2)CC1. The molecule has 3 heterocycles. The van der Waals surface area contributed by atoms with Crippen LogP contribution in [0.25, 0.3) is 11.4 Å². The zero-order valence-corrected chi connectivity index (χ0v) is 19.5.